The highest BCUT2D eigenvalue weighted by atomic mass is 32.2. The van der Waals surface area contributed by atoms with Crippen molar-refractivity contribution < 1.29 is 14.3 Å². The second kappa shape index (κ2) is 9.82. The molecule has 0 atom stereocenters. The first kappa shape index (κ1) is 19.8. The lowest BCUT2D eigenvalue weighted by Crippen LogP contribution is -2.41. The molecule has 0 aliphatic carbocycles. The van der Waals surface area contributed by atoms with Crippen LogP contribution >= 0.6 is 24.0 Å². The van der Waals surface area contributed by atoms with Crippen LogP contribution in [-0.4, -0.2) is 58.8 Å². The van der Waals surface area contributed by atoms with Gasteiger partial charge in [0.25, 0.3) is 5.91 Å². The van der Waals surface area contributed by atoms with Gasteiger partial charge in [-0.3, -0.25) is 14.5 Å². The Morgan fingerprint density at radius 1 is 1.22 bits per heavy atom. The van der Waals surface area contributed by atoms with Gasteiger partial charge in [-0.05, 0) is 18.1 Å². The van der Waals surface area contributed by atoms with E-state index in [9.17, 15) is 9.59 Å². The number of rotatable bonds is 6. The maximum atomic E-state index is 12.5. The summed E-state index contributed by atoms with van der Waals surface area (Å²) in [6.07, 6.45) is 6.64. The Kier molecular flexibility index (Phi) is 7.20. The summed E-state index contributed by atoms with van der Waals surface area (Å²) < 4.78 is 5.81. The molecular formula is C20H22N2O3S2. The van der Waals surface area contributed by atoms with Crippen molar-refractivity contribution in [3.8, 4) is 0 Å². The molecule has 2 fully saturated rings. The monoisotopic (exact) mass is 402 g/mol. The molecule has 2 heterocycles. The Labute approximate surface area is 169 Å². The average Bonchev–Trinajstić information content (AvgIpc) is 2.97. The number of thiocarbonyl (C=S) groups is 1. The molecule has 142 valence electrons. The number of thioether (sulfide) groups is 1. The predicted octanol–water partition coefficient (Wildman–Crippen LogP) is 3.08. The zero-order valence-electron chi connectivity index (χ0n) is 15.0. The highest BCUT2D eigenvalue weighted by Gasteiger charge is 2.31. The molecule has 2 aliphatic rings. The van der Waals surface area contributed by atoms with Crippen LogP contribution in [0.3, 0.4) is 0 Å². The summed E-state index contributed by atoms with van der Waals surface area (Å²) in [7, 11) is 0. The quantitative estimate of drug-likeness (QED) is 0.541. The average molecular weight is 403 g/mol. The van der Waals surface area contributed by atoms with Gasteiger partial charge in [0.1, 0.15) is 4.32 Å². The standard InChI is InChI=1S/C20H22N2O3S2/c23-18(21-12-14-25-15-13-21)10-5-11-22-19(24)17(27-20(22)26)9-4-8-16-6-2-1-3-7-16/h1-4,6-9H,5,10-15H2/b8-4+,17-9-. The molecule has 0 unspecified atom stereocenters. The fraction of sp³-hybridized carbons (Fsp3) is 0.350. The highest BCUT2D eigenvalue weighted by Crippen LogP contribution is 2.31. The smallest absolute Gasteiger partial charge is 0.266 e. The maximum absolute atomic E-state index is 12.5. The van der Waals surface area contributed by atoms with Gasteiger partial charge in [-0.15, -0.1) is 0 Å². The van der Waals surface area contributed by atoms with Crippen LogP contribution in [0, 0.1) is 0 Å². The van der Waals surface area contributed by atoms with Gasteiger partial charge < -0.3 is 9.64 Å². The molecule has 0 saturated carbocycles. The van der Waals surface area contributed by atoms with Crippen LogP contribution in [0.15, 0.2) is 47.4 Å². The third kappa shape index (κ3) is 5.51. The fourth-order valence-corrected chi connectivity index (χ4v) is 4.14. The van der Waals surface area contributed by atoms with E-state index in [2.05, 4.69) is 0 Å². The van der Waals surface area contributed by atoms with Gasteiger partial charge in [0.05, 0.1) is 18.1 Å². The molecule has 2 amide bonds. The molecule has 5 nitrogen and oxygen atoms in total. The zero-order valence-corrected chi connectivity index (χ0v) is 16.6. The largest absolute Gasteiger partial charge is 0.378 e. The molecule has 2 saturated heterocycles. The number of hydrogen-bond donors (Lipinski definition) is 0. The van der Waals surface area contributed by atoms with E-state index >= 15 is 0 Å². The third-order valence-electron chi connectivity index (χ3n) is 4.35. The van der Waals surface area contributed by atoms with E-state index in [1.54, 1.807) is 11.0 Å². The van der Waals surface area contributed by atoms with Gasteiger partial charge in [-0.1, -0.05) is 66.5 Å². The molecule has 0 N–H and O–H groups in total. The molecule has 3 rings (SSSR count). The minimum atomic E-state index is -0.0819. The topological polar surface area (TPSA) is 49.9 Å². The number of benzene rings is 1. The molecular weight excluding hydrogens is 380 g/mol. The molecule has 0 radical (unpaired) electrons. The Morgan fingerprint density at radius 2 is 1.96 bits per heavy atom. The van der Waals surface area contributed by atoms with Crippen LogP contribution in [0.2, 0.25) is 0 Å². The fourth-order valence-electron chi connectivity index (χ4n) is 2.88. The summed E-state index contributed by atoms with van der Waals surface area (Å²) in [6, 6.07) is 9.91. The summed E-state index contributed by atoms with van der Waals surface area (Å²) >= 11 is 6.64. The molecule has 1 aromatic carbocycles. The van der Waals surface area contributed by atoms with Gasteiger partial charge >= 0.3 is 0 Å². The number of allylic oxidation sites excluding steroid dienone is 2. The number of ether oxygens (including phenoxy) is 1. The van der Waals surface area contributed by atoms with Gasteiger partial charge in [0, 0.05) is 26.1 Å². The van der Waals surface area contributed by atoms with Crippen LogP contribution in [-0.2, 0) is 14.3 Å². The van der Waals surface area contributed by atoms with Crippen LogP contribution in [0.4, 0.5) is 0 Å². The van der Waals surface area contributed by atoms with Gasteiger partial charge in [0.2, 0.25) is 5.91 Å². The minimum absolute atomic E-state index is 0.0819. The van der Waals surface area contributed by atoms with Gasteiger partial charge in [-0.25, -0.2) is 0 Å². The van der Waals surface area contributed by atoms with Crippen molar-refractivity contribution in [3.05, 3.63) is 53.0 Å². The van der Waals surface area contributed by atoms with Crippen molar-refractivity contribution in [3.63, 3.8) is 0 Å². The van der Waals surface area contributed by atoms with E-state index in [4.69, 9.17) is 17.0 Å². The first-order valence-corrected chi connectivity index (χ1v) is 10.2. The van der Waals surface area contributed by atoms with E-state index in [0.29, 0.717) is 54.9 Å². The lowest BCUT2D eigenvalue weighted by Gasteiger charge is -2.27. The van der Waals surface area contributed by atoms with Crippen LogP contribution < -0.4 is 0 Å². The van der Waals surface area contributed by atoms with Crippen molar-refractivity contribution in [1.29, 1.82) is 0 Å². The summed E-state index contributed by atoms with van der Waals surface area (Å²) in [4.78, 5) is 28.8. The normalized spacial score (nSPS) is 19.5. The van der Waals surface area contributed by atoms with Crippen LogP contribution in [0.25, 0.3) is 6.08 Å². The van der Waals surface area contributed by atoms with Crippen molar-refractivity contribution in [2.24, 2.45) is 0 Å². The zero-order chi connectivity index (χ0) is 19.1. The number of morpholine rings is 1. The minimum Gasteiger partial charge on any atom is -0.378 e. The van der Waals surface area contributed by atoms with Gasteiger partial charge in [-0.2, -0.15) is 0 Å². The first-order valence-electron chi connectivity index (χ1n) is 8.98. The molecule has 0 aromatic heterocycles. The van der Waals surface area contributed by atoms with Crippen LogP contribution in [0.1, 0.15) is 18.4 Å². The first-order chi connectivity index (χ1) is 13.1. The second-order valence-corrected chi connectivity index (χ2v) is 7.90. The number of amides is 2. The lowest BCUT2D eigenvalue weighted by atomic mass is 10.2. The number of carbonyl (C=O) groups is 2. The van der Waals surface area contributed by atoms with Crippen molar-refractivity contribution in [2.75, 3.05) is 32.8 Å². The van der Waals surface area contributed by atoms with Crippen LogP contribution in [0.5, 0.6) is 0 Å². The summed E-state index contributed by atoms with van der Waals surface area (Å²) in [6.45, 7) is 2.97. The predicted molar refractivity (Wildman–Crippen MR) is 112 cm³/mol. The summed E-state index contributed by atoms with van der Waals surface area (Å²) in [5.74, 6) is 0.0339. The molecule has 27 heavy (non-hydrogen) atoms. The van der Waals surface area contributed by atoms with Gasteiger partial charge in [0.15, 0.2) is 0 Å². The van der Waals surface area contributed by atoms with Crippen molar-refractivity contribution >= 4 is 46.2 Å². The second-order valence-electron chi connectivity index (χ2n) is 6.22. The Bertz CT molecular complexity index is 756. The molecule has 7 heteroatoms. The lowest BCUT2D eigenvalue weighted by molar-refractivity contribution is -0.135. The van der Waals surface area contributed by atoms with E-state index in [-0.39, 0.29) is 11.8 Å². The SMILES string of the molecule is O=C(CCCN1C(=O)/C(=C/C=C/c2ccccc2)SC1=S)N1CCOCC1. The number of carbonyl (C=O) groups excluding carboxylic acids is 2. The van der Waals surface area contributed by atoms with Crippen molar-refractivity contribution in [2.45, 2.75) is 12.8 Å². The summed E-state index contributed by atoms with van der Waals surface area (Å²) in [5, 5.41) is 0. The Morgan fingerprint density at radius 3 is 2.70 bits per heavy atom. The van der Waals surface area contributed by atoms with E-state index in [1.807, 2.05) is 47.4 Å². The molecule has 2 aliphatic heterocycles. The number of hydrogen-bond acceptors (Lipinski definition) is 5. The molecule has 1 aromatic rings. The van der Waals surface area contributed by atoms with Crippen molar-refractivity contribution in [1.82, 2.24) is 9.80 Å². The third-order valence-corrected chi connectivity index (χ3v) is 5.74. The molecule has 0 bridgehead atoms. The van der Waals surface area contributed by atoms with E-state index in [1.165, 1.54) is 11.8 Å². The summed E-state index contributed by atoms with van der Waals surface area (Å²) in [5.41, 5.74) is 1.07. The molecule has 0 spiro atoms. The highest BCUT2D eigenvalue weighted by molar-refractivity contribution is 8.26. The number of nitrogens with zero attached hydrogens (tertiary/aromatic N) is 2. The Balaban J connectivity index is 1.49. The Hall–Kier alpha value is -1.96. The maximum Gasteiger partial charge on any atom is 0.266 e. The van der Waals surface area contributed by atoms with E-state index in [0.717, 1.165) is 5.56 Å². The van der Waals surface area contributed by atoms with E-state index < -0.39 is 0 Å².